The Morgan fingerprint density at radius 1 is 1.35 bits per heavy atom. The van der Waals surface area contributed by atoms with E-state index in [0.717, 1.165) is 39.1 Å². The maximum absolute atomic E-state index is 12.0. The Hall–Kier alpha value is -0.610. The molecule has 0 aromatic heterocycles. The summed E-state index contributed by atoms with van der Waals surface area (Å²) in [5, 5.41) is 3.08. The summed E-state index contributed by atoms with van der Waals surface area (Å²) >= 11 is 0. The lowest BCUT2D eigenvalue weighted by Gasteiger charge is -2.30. The van der Waals surface area contributed by atoms with Crippen molar-refractivity contribution in [1.82, 2.24) is 10.2 Å². The SMILES string of the molecule is CN(C)CC(C)(C)CNC(=O)C1CCOCC1. The molecule has 0 bridgehead atoms. The van der Waals surface area contributed by atoms with E-state index in [-0.39, 0.29) is 17.2 Å². The number of nitrogens with zero attached hydrogens (tertiary/aromatic N) is 1. The third-order valence-corrected chi connectivity index (χ3v) is 3.08. The zero-order valence-electron chi connectivity index (χ0n) is 11.6. The summed E-state index contributed by atoms with van der Waals surface area (Å²) in [6.45, 7) is 7.51. The third-order valence-electron chi connectivity index (χ3n) is 3.08. The first-order valence-corrected chi connectivity index (χ1v) is 6.41. The first-order valence-electron chi connectivity index (χ1n) is 6.41. The summed E-state index contributed by atoms with van der Waals surface area (Å²) in [5.41, 5.74) is 0.115. The van der Waals surface area contributed by atoms with E-state index < -0.39 is 0 Å². The highest BCUT2D eigenvalue weighted by molar-refractivity contribution is 5.78. The highest BCUT2D eigenvalue weighted by Crippen LogP contribution is 2.17. The van der Waals surface area contributed by atoms with E-state index in [1.165, 1.54) is 0 Å². The average Bonchev–Trinajstić information content (AvgIpc) is 2.25. The number of hydrogen-bond acceptors (Lipinski definition) is 3. The van der Waals surface area contributed by atoms with Gasteiger partial charge in [-0.15, -0.1) is 0 Å². The summed E-state index contributed by atoms with van der Waals surface area (Å²) in [4.78, 5) is 14.1. The predicted octanol–water partition coefficient (Wildman–Crippen LogP) is 1.12. The lowest BCUT2D eigenvalue weighted by Crippen LogP contribution is -2.42. The molecule has 0 spiro atoms. The van der Waals surface area contributed by atoms with Crippen LogP contribution < -0.4 is 5.32 Å². The predicted molar refractivity (Wildman–Crippen MR) is 68.9 cm³/mol. The van der Waals surface area contributed by atoms with Gasteiger partial charge in [-0.05, 0) is 32.4 Å². The van der Waals surface area contributed by atoms with Crippen molar-refractivity contribution in [2.75, 3.05) is 40.4 Å². The molecule has 1 heterocycles. The van der Waals surface area contributed by atoms with Gasteiger partial charge in [0.1, 0.15) is 0 Å². The van der Waals surface area contributed by atoms with Crippen molar-refractivity contribution < 1.29 is 9.53 Å². The molecule has 1 fully saturated rings. The van der Waals surface area contributed by atoms with Gasteiger partial charge >= 0.3 is 0 Å². The number of ether oxygens (including phenoxy) is 1. The number of carbonyl (C=O) groups excluding carboxylic acids is 1. The molecule has 4 nitrogen and oxygen atoms in total. The van der Waals surface area contributed by atoms with Crippen LogP contribution in [0.2, 0.25) is 0 Å². The monoisotopic (exact) mass is 242 g/mol. The normalized spacial score (nSPS) is 18.4. The van der Waals surface area contributed by atoms with Crippen molar-refractivity contribution in [3.05, 3.63) is 0 Å². The molecule has 0 saturated carbocycles. The molecule has 0 aliphatic carbocycles. The number of hydrogen-bond donors (Lipinski definition) is 1. The molecule has 1 amide bonds. The standard InChI is InChI=1S/C13H26N2O2/c1-13(2,10-15(3)4)9-14-12(16)11-5-7-17-8-6-11/h11H,5-10H2,1-4H3,(H,14,16). The second-order valence-corrected chi connectivity index (χ2v) is 6.01. The van der Waals surface area contributed by atoms with Gasteiger partial charge in [0, 0.05) is 32.2 Å². The van der Waals surface area contributed by atoms with Gasteiger partial charge in [0.2, 0.25) is 5.91 Å². The molecule has 0 aromatic rings. The van der Waals surface area contributed by atoms with E-state index >= 15 is 0 Å². The third kappa shape index (κ3) is 5.50. The molecule has 1 N–H and O–H groups in total. The van der Waals surface area contributed by atoms with Gasteiger partial charge in [-0.25, -0.2) is 0 Å². The van der Waals surface area contributed by atoms with Crippen molar-refractivity contribution in [3.8, 4) is 0 Å². The Morgan fingerprint density at radius 3 is 2.47 bits per heavy atom. The van der Waals surface area contributed by atoms with E-state index in [9.17, 15) is 4.79 Å². The van der Waals surface area contributed by atoms with Crippen LogP contribution in [0.5, 0.6) is 0 Å². The number of nitrogens with one attached hydrogen (secondary N) is 1. The van der Waals surface area contributed by atoms with Crippen LogP contribution in [0.3, 0.4) is 0 Å². The van der Waals surface area contributed by atoms with Gasteiger partial charge in [0.25, 0.3) is 0 Å². The fourth-order valence-corrected chi connectivity index (χ4v) is 2.34. The summed E-state index contributed by atoms with van der Waals surface area (Å²) in [6, 6.07) is 0. The lowest BCUT2D eigenvalue weighted by atomic mass is 9.92. The topological polar surface area (TPSA) is 41.6 Å². The van der Waals surface area contributed by atoms with Crippen LogP contribution in [0, 0.1) is 11.3 Å². The quantitative estimate of drug-likeness (QED) is 0.785. The first kappa shape index (κ1) is 14.5. The van der Waals surface area contributed by atoms with E-state index in [0.29, 0.717) is 0 Å². The number of carbonyl (C=O) groups is 1. The van der Waals surface area contributed by atoms with Crippen LogP contribution >= 0.6 is 0 Å². The average molecular weight is 242 g/mol. The van der Waals surface area contributed by atoms with Crippen molar-refractivity contribution >= 4 is 5.91 Å². The molecule has 1 rings (SSSR count). The van der Waals surface area contributed by atoms with Crippen LogP contribution in [0.15, 0.2) is 0 Å². The second-order valence-electron chi connectivity index (χ2n) is 6.01. The van der Waals surface area contributed by atoms with Crippen LogP contribution in [0.25, 0.3) is 0 Å². The Morgan fingerprint density at radius 2 is 1.94 bits per heavy atom. The molecule has 0 unspecified atom stereocenters. The molecule has 0 atom stereocenters. The van der Waals surface area contributed by atoms with Crippen molar-refractivity contribution in [2.24, 2.45) is 11.3 Å². The summed E-state index contributed by atoms with van der Waals surface area (Å²) in [5.74, 6) is 0.346. The van der Waals surface area contributed by atoms with Crippen LogP contribution in [-0.2, 0) is 9.53 Å². The molecule has 1 aliphatic heterocycles. The van der Waals surface area contributed by atoms with Crippen LogP contribution in [-0.4, -0.2) is 51.2 Å². The molecular weight excluding hydrogens is 216 g/mol. The minimum atomic E-state index is 0.115. The fraction of sp³-hybridized carbons (Fsp3) is 0.923. The summed E-state index contributed by atoms with van der Waals surface area (Å²) < 4.78 is 5.26. The van der Waals surface area contributed by atoms with Crippen molar-refractivity contribution in [3.63, 3.8) is 0 Å². The zero-order chi connectivity index (χ0) is 12.9. The first-order chi connectivity index (χ1) is 7.91. The molecular formula is C13H26N2O2. The zero-order valence-corrected chi connectivity index (χ0v) is 11.6. The Balaban J connectivity index is 2.31. The van der Waals surface area contributed by atoms with Crippen molar-refractivity contribution in [1.29, 1.82) is 0 Å². The van der Waals surface area contributed by atoms with E-state index in [1.807, 2.05) is 0 Å². The van der Waals surface area contributed by atoms with E-state index in [2.05, 4.69) is 38.2 Å². The van der Waals surface area contributed by atoms with E-state index in [4.69, 9.17) is 4.74 Å². The highest BCUT2D eigenvalue weighted by atomic mass is 16.5. The molecule has 0 aromatic carbocycles. The van der Waals surface area contributed by atoms with Crippen LogP contribution in [0.4, 0.5) is 0 Å². The maximum atomic E-state index is 12.0. The smallest absolute Gasteiger partial charge is 0.223 e. The second kappa shape index (κ2) is 6.36. The minimum absolute atomic E-state index is 0.115. The maximum Gasteiger partial charge on any atom is 0.223 e. The minimum Gasteiger partial charge on any atom is -0.381 e. The largest absolute Gasteiger partial charge is 0.381 e. The van der Waals surface area contributed by atoms with Gasteiger partial charge < -0.3 is 15.0 Å². The Labute approximate surface area is 105 Å². The van der Waals surface area contributed by atoms with E-state index in [1.54, 1.807) is 0 Å². The van der Waals surface area contributed by atoms with Gasteiger partial charge in [-0.3, -0.25) is 4.79 Å². The molecule has 4 heteroatoms. The molecule has 0 radical (unpaired) electrons. The Kier molecular flexibility index (Phi) is 5.40. The van der Waals surface area contributed by atoms with Gasteiger partial charge in [0.05, 0.1) is 0 Å². The Bertz CT molecular complexity index is 246. The lowest BCUT2D eigenvalue weighted by molar-refractivity contribution is -0.128. The van der Waals surface area contributed by atoms with Gasteiger partial charge in [-0.1, -0.05) is 13.8 Å². The van der Waals surface area contributed by atoms with Crippen LogP contribution in [0.1, 0.15) is 26.7 Å². The highest BCUT2D eigenvalue weighted by Gasteiger charge is 2.24. The fourth-order valence-electron chi connectivity index (χ4n) is 2.34. The van der Waals surface area contributed by atoms with Gasteiger partial charge in [0.15, 0.2) is 0 Å². The van der Waals surface area contributed by atoms with Gasteiger partial charge in [-0.2, -0.15) is 0 Å². The van der Waals surface area contributed by atoms with Crippen molar-refractivity contribution in [2.45, 2.75) is 26.7 Å². The molecule has 17 heavy (non-hydrogen) atoms. The molecule has 1 aliphatic rings. The molecule has 1 saturated heterocycles. The summed E-state index contributed by atoms with van der Waals surface area (Å²) in [7, 11) is 4.12. The summed E-state index contributed by atoms with van der Waals surface area (Å²) in [6.07, 6.45) is 1.72. The number of amides is 1. The molecule has 100 valence electrons. The number of rotatable bonds is 5.